The maximum atomic E-state index is 9.13. The number of hydrogen-bond acceptors (Lipinski definition) is 5. The lowest BCUT2D eigenvalue weighted by Crippen LogP contribution is -2.52. The zero-order valence-corrected chi connectivity index (χ0v) is 11.8. The molecule has 0 saturated carbocycles. The molecule has 1 aliphatic heterocycles. The Kier molecular flexibility index (Phi) is 3.63. The van der Waals surface area contributed by atoms with Gasteiger partial charge >= 0.3 is 0 Å². The number of anilines is 1. The summed E-state index contributed by atoms with van der Waals surface area (Å²) in [5.41, 5.74) is -0.185. The van der Waals surface area contributed by atoms with Gasteiger partial charge in [-0.05, 0) is 20.8 Å². The van der Waals surface area contributed by atoms with Crippen LogP contribution in [0.25, 0.3) is 0 Å². The van der Waals surface area contributed by atoms with Crippen LogP contribution >= 0.6 is 22.9 Å². The Morgan fingerprint density at radius 3 is 2.88 bits per heavy atom. The minimum Gasteiger partial charge on any atom is -0.391 e. The second kappa shape index (κ2) is 4.72. The van der Waals surface area contributed by atoms with Crippen molar-refractivity contribution in [1.82, 2.24) is 4.98 Å². The Morgan fingerprint density at radius 1 is 1.65 bits per heavy atom. The van der Waals surface area contributed by atoms with Crippen molar-refractivity contribution in [3.8, 4) is 0 Å². The molecule has 1 aromatic heterocycles. The van der Waals surface area contributed by atoms with Gasteiger partial charge in [0.1, 0.15) is 5.15 Å². The quantitative estimate of drug-likeness (QED) is 0.900. The van der Waals surface area contributed by atoms with E-state index in [1.54, 1.807) is 0 Å². The lowest BCUT2D eigenvalue weighted by Gasteiger charge is -2.41. The number of aliphatic hydroxyl groups excluding tert-OH is 1. The van der Waals surface area contributed by atoms with E-state index in [2.05, 4.69) is 30.7 Å². The van der Waals surface area contributed by atoms with Crippen LogP contribution in [-0.2, 0) is 11.3 Å². The fraction of sp³-hybridized carbons (Fsp3) is 0.727. The van der Waals surface area contributed by atoms with E-state index < -0.39 is 0 Å². The van der Waals surface area contributed by atoms with E-state index in [9.17, 15) is 0 Å². The molecule has 1 atom stereocenters. The van der Waals surface area contributed by atoms with Gasteiger partial charge in [0.2, 0.25) is 0 Å². The number of morpholine rings is 1. The Balaban J connectivity index is 2.21. The molecule has 1 aromatic rings. The summed E-state index contributed by atoms with van der Waals surface area (Å²) in [4.78, 5) is 7.19. The lowest BCUT2D eigenvalue weighted by atomic mass is 10.1. The fourth-order valence-corrected chi connectivity index (χ4v) is 3.28. The van der Waals surface area contributed by atoms with E-state index >= 15 is 0 Å². The maximum absolute atomic E-state index is 9.13. The molecule has 1 fully saturated rings. The minimum absolute atomic E-state index is 0.0558. The molecule has 96 valence electrons. The normalized spacial score (nSPS) is 24.1. The number of aromatic nitrogens is 1. The zero-order valence-electron chi connectivity index (χ0n) is 10.2. The van der Waals surface area contributed by atoms with Gasteiger partial charge in [-0.2, -0.15) is 0 Å². The summed E-state index contributed by atoms with van der Waals surface area (Å²) >= 11 is 7.40. The third-order valence-corrected chi connectivity index (χ3v) is 4.15. The molecule has 1 aliphatic rings. The van der Waals surface area contributed by atoms with Gasteiger partial charge in [0.25, 0.3) is 0 Å². The monoisotopic (exact) mass is 276 g/mol. The van der Waals surface area contributed by atoms with Crippen molar-refractivity contribution in [3.05, 3.63) is 10.0 Å². The molecule has 17 heavy (non-hydrogen) atoms. The van der Waals surface area contributed by atoms with Crippen molar-refractivity contribution in [2.45, 2.75) is 39.1 Å². The Bertz CT molecular complexity index is 408. The Labute approximate surface area is 110 Å². The van der Waals surface area contributed by atoms with Crippen LogP contribution in [0, 0.1) is 0 Å². The Hall–Kier alpha value is -0.360. The summed E-state index contributed by atoms with van der Waals surface area (Å²) < 4.78 is 5.84. The summed E-state index contributed by atoms with van der Waals surface area (Å²) in [6.07, 6.45) is 0.166. The molecule has 6 heteroatoms. The van der Waals surface area contributed by atoms with E-state index in [4.69, 9.17) is 21.4 Å². The lowest BCUT2D eigenvalue weighted by molar-refractivity contribution is -0.0749. The van der Waals surface area contributed by atoms with Gasteiger partial charge in [0, 0.05) is 13.1 Å². The molecule has 0 aliphatic carbocycles. The highest BCUT2D eigenvalue weighted by Crippen LogP contribution is 2.33. The summed E-state index contributed by atoms with van der Waals surface area (Å²) in [6.45, 7) is 7.72. The molecular formula is C11H17ClN2O2S. The largest absolute Gasteiger partial charge is 0.391 e. The second-order valence-electron chi connectivity index (χ2n) is 4.94. The van der Waals surface area contributed by atoms with E-state index in [0.29, 0.717) is 5.15 Å². The first-order valence-corrected chi connectivity index (χ1v) is 6.79. The molecule has 4 nitrogen and oxygen atoms in total. The summed E-state index contributed by atoms with van der Waals surface area (Å²) in [5, 5.41) is 10.4. The van der Waals surface area contributed by atoms with Gasteiger partial charge in [-0.15, -0.1) is 0 Å². The smallest absolute Gasteiger partial charge is 0.187 e. The molecule has 2 heterocycles. The molecule has 1 unspecified atom stereocenters. The van der Waals surface area contributed by atoms with Crippen LogP contribution in [0.4, 0.5) is 5.13 Å². The van der Waals surface area contributed by atoms with E-state index in [-0.39, 0.29) is 18.3 Å². The molecule has 0 amide bonds. The van der Waals surface area contributed by atoms with Crippen LogP contribution in [0.5, 0.6) is 0 Å². The predicted octanol–water partition coefficient (Wildman–Crippen LogP) is 2.29. The number of thiazole rings is 1. The van der Waals surface area contributed by atoms with E-state index in [1.807, 2.05) is 0 Å². The highest BCUT2D eigenvalue weighted by atomic mass is 35.5. The van der Waals surface area contributed by atoms with Crippen LogP contribution in [0.1, 0.15) is 25.6 Å². The SMILES string of the molecule is CC1CN(c2nc(Cl)c(CO)s2)CC(C)(C)O1. The Morgan fingerprint density at radius 2 is 2.35 bits per heavy atom. The van der Waals surface area contributed by atoms with Gasteiger partial charge < -0.3 is 14.7 Å². The van der Waals surface area contributed by atoms with Gasteiger partial charge in [-0.1, -0.05) is 22.9 Å². The van der Waals surface area contributed by atoms with E-state index in [1.165, 1.54) is 11.3 Å². The van der Waals surface area contributed by atoms with Crippen molar-refractivity contribution in [2.75, 3.05) is 18.0 Å². The molecule has 1 N–H and O–H groups in total. The van der Waals surface area contributed by atoms with Crippen LogP contribution in [-0.4, -0.2) is 34.9 Å². The standard InChI is InChI=1S/C11H17ClN2O2S/c1-7-4-14(6-11(2,3)16-7)10-13-9(12)8(5-15)17-10/h7,15H,4-6H2,1-3H3. The summed E-state index contributed by atoms with van der Waals surface area (Å²) in [7, 11) is 0. The average molecular weight is 277 g/mol. The number of aliphatic hydroxyl groups is 1. The highest BCUT2D eigenvalue weighted by molar-refractivity contribution is 7.16. The van der Waals surface area contributed by atoms with Crippen LogP contribution < -0.4 is 4.90 Å². The molecule has 0 radical (unpaired) electrons. The average Bonchev–Trinajstić information content (AvgIpc) is 2.56. The third kappa shape index (κ3) is 2.91. The molecule has 1 saturated heterocycles. The first-order valence-electron chi connectivity index (χ1n) is 5.60. The maximum Gasteiger partial charge on any atom is 0.187 e. The van der Waals surface area contributed by atoms with Crippen LogP contribution in [0.2, 0.25) is 5.15 Å². The van der Waals surface area contributed by atoms with E-state index in [0.717, 1.165) is 23.1 Å². The van der Waals surface area contributed by atoms with Crippen molar-refractivity contribution < 1.29 is 9.84 Å². The zero-order chi connectivity index (χ0) is 12.6. The summed E-state index contributed by atoms with van der Waals surface area (Å²) in [6, 6.07) is 0. The molecular weight excluding hydrogens is 260 g/mol. The van der Waals surface area contributed by atoms with Gasteiger partial charge in [0.05, 0.1) is 23.2 Å². The van der Waals surface area contributed by atoms with Crippen LogP contribution in [0.3, 0.4) is 0 Å². The molecule has 2 rings (SSSR count). The number of ether oxygens (including phenoxy) is 1. The molecule has 0 aromatic carbocycles. The van der Waals surface area contributed by atoms with Crippen LogP contribution in [0.15, 0.2) is 0 Å². The first kappa shape index (κ1) is 13.1. The predicted molar refractivity (Wildman–Crippen MR) is 69.9 cm³/mol. The van der Waals surface area contributed by atoms with Gasteiger partial charge in [0.15, 0.2) is 5.13 Å². The highest BCUT2D eigenvalue weighted by Gasteiger charge is 2.32. The van der Waals surface area contributed by atoms with Gasteiger partial charge in [-0.25, -0.2) is 4.98 Å². The molecule has 0 spiro atoms. The molecule has 0 bridgehead atoms. The van der Waals surface area contributed by atoms with Crippen molar-refractivity contribution in [1.29, 1.82) is 0 Å². The minimum atomic E-state index is -0.185. The van der Waals surface area contributed by atoms with Crippen molar-refractivity contribution >= 4 is 28.1 Å². The van der Waals surface area contributed by atoms with Gasteiger partial charge in [-0.3, -0.25) is 0 Å². The first-order chi connectivity index (χ1) is 7.91. The topological polar surface area (TPSA) is 45.6 Å². The van der Waals surface area contributed by atoms with Crippen molar-refractivity contribution in [3.63, 3.8) is 0 Å². The third-order valence-electron chi connectivity index (χ3n) is 2.62. The number of rotatable bonds is 2. The number of halogens is 1. The van der Waals surface area contributed by atoms with Crippen molar-refractivity contribution in [2.24, 2.45) is 0 Å². The summed E-state index contributed by atoms with van der Waals surface area (Å²) in [5.74, 6) is 0. The second-order valence-corrected chi connectivity index (χ2v) is 6.36. The number of nitrogens with zero attached hydrogens (tertiary/aromatic N) is 2. The number of hydrogen-bond donors (Lipinski definition) is 1. The fourth-order valence-electron chi connectivity index (χ4n) is 2.15.